The summed E-state index contributed by atoms with van der Waals surface area (Å²) in [6.07, 6.45) is 0. The first-order chi connectivity index (χ1) is 14.1. The summed E-state index contributed by atoms with van der Waals surface area (Å²) in [5.41, 5.74) is 6.13. The molecule has 148 valence electrons. The maximum absolute atomic E-state index is 5.69. The van der Waals surface area contributed by atoms with Crippen molar-refractivity contribution in [1.29, 1.82) is 0 Å². The van der Waals surface area contributed by atoms with Gasteiger partial charge < -0.3 is 9.47 Å². The van der Waals surface area contributed by atoms with Crippen LogP contribution in [-0.2, 0) is 0 Å². The molecule has 0 radical (unpaired) electrons. The highest BCUT2D eigenvalue weighted by atomic mass is 16.5. The monoisotopic (exact) mass is 386 g/mol. The normalized spacial score (nSPS) is 12.0. The molecule has 3 aromatic carbocycles. The summed E-state index contributed by atoms with van der Waals surface area (Å²) in [5, 5.41) is 0. The number of para-hydroxylation sites is 1. The molecule has 29 heavy (non-hydrogen) atoms. The molecule has 0 aromatic heterocycles. The van der Waals surface area contributed by atoms with Gasteiger partial charge in [0.1, 0.15) is 11.5 Å². The van der Waals surface area contributed by atoms with Gasteiger partial charge in [-0.05, 0) is 54.8 Å². The van der Waals surface area contributed by atoms with Gasteiger partial charge >= 0.3 is 0 Å². The maximum atomic E-state index is 5.69. The van der Waals surface area contributed by atoms with Crippen molar-refractivity contribution in [1.82, 2.24) is 0 Å². The van der Waals surface area contributed by atoms with Gasteiger partial charge in [-0.25, -0.2) is 4.99 Å². The quantitative estimate of drug-likeness (QED) is 0.425. The Bertz CT molecular complexity index is 1070. The highest BCUT2D eigenvalue weighted by Crippen LogP contribution is 2.33. The summed E-state index contributed by atoms with van der Waals surface area (Å²) in [5.74, 6) is 2.19. The van der Waals surface area contributed by atoms with Gasteiger partial charge in [-0.15, -0.1) is 0 Å². The van der Waals surface area contributed by atoms with E-state index in [0.29, 0.717) is 5.84 Å². The molecule has 4 heteroatoms. The number of amidine groups is 1. The van der Waals surface area contributed by atoms with Crippen molar-refractivity contribution in [3.05, 3.63) is 83.4 Å². The van der Waals surface area contributed by atoms with Crippen LogP contribution >= 0.6 is 0 Å². The number of hydrogen-bond acceptors (Lipinski definition) is 3. The molecular formula is C25H26N2O2. The molecule has 0 amide bonds. The molecule has 0 aliphatic carbocycles. The van der Waals surface area contributed by atoms with Crippen LogP contribution in [0.4, 0.5) is 0 Å². The lowest BCUT2D eigenvalue weighted by Crippen LogP contribution is -2.06. The zero-order chi connectivity index (χ0) is 20.8. The predicted molar refractivity (Wildman–Crippen MR) is 121 cm³/mol. The molecule has 0 saturated heterocycles. The Hall–Kier alpha value is -3.40. The van der Waals surface area contributed by atoms with Crippen molar-refractivity contribution in [2.24, 2.45) is 9.98 Å². The van der Waals surface area contributed by atoms with Crippen molar-refractivity contribution in [2.75, 3.05) is 21.3 Å². The molecule has 0 aliphatic rings. The van der Waals surface area contributed by atoms with Gasteiger partial charge in [0, 0.05) is 18.3 Å². The lowest BCUT2D eigenvalue weighted by Gasteiger charge is -2.13. The fourth-order valence-corrected chi connectivity index (χ4v) is 3.30. The van der Waals surface area contributed by atoms with E-state index in [1.54, 1.807) is 21.3 Å². The number of aryl methyl sites for hydroxylation is 1. The lowest BCUT2D eigenvalue weighted by molar-refractivity contribution is 0.414. The van der Waals surface area contributed by atoms with E-state index in [-0.39, 0.29) is 0 Å². The van der Waals surface area contributed by atoms with Crippen molar-refractivity contribution in [3.8, 4) is 22.6 Å². The summed E-state index contributed by atoms with van der Waals surface area (Å²) in [4.78, 5) is 9.14. The molecule has 0 saturated carbocycles. The Balaban J connectivity index is 2.01. The summed E-state index contributed by atoms with van der Waals surface area (Å²) in [7, 11) is 5.08. The van der Waals surface area contributed by atoms with Gasteiger partial charge in [-0.1, -0.05) is 42.5 Å². The number of hydrogen-bond donors (Lipinski definition) is 0. The van der Waals surface area contributed by atoms with Crippen molar-refractivity contribution >= 4 is 11.5 Å². The smallest absolute Gasteiger partial charge is 0.158 e. The van der Waals surface area contributed by atoms with E-state index in [4.69, 9.17) is 14.5 Å². The number of aliphatic imine (C=N–C) groups is 2. The van der Waals surface area contributed by atoms with Crippen LogP contribution in [0.2, 0.25) is 0 Å². The molecule has 0 atom stereocenters. The van der Waals surface area contributed by atoms with E-state index in [0.717, 1.165) is 39.5 Å². The fraction of sp³-hybridized carbons (Fsp3) is 0.200. The number of benzene rings is 3. The molecule has 0 N–H and O–H groups in total. The number of nitrogens with zero attached hydrogens (tertiary/aromatic N) is 2. The minimum Gasteiger partial charge on any atom is -0.496 e. The Kier molecular flexibility index (Phi) is 6.45. The molecule has 0 unspecified atom stereocenters. The van der Waals surface area contributed by atoms with E-state index in [1.807, 2.05) is 49.4 Å². The number of methoxy groups -OCH3 is 2. The van der Waals surface area contributed by atoms with Crippen LogP contribution in [0.3, 0.4) is 0 Å². The van der Waals surface area contributed by atoms with E-state index in [1.165, 1.54) is 5.56 Å². The molecule has 0 heterocycles. The van der Waals surface area contributed by atoms with Crippen LogP contribution in [0.25, 0.3) is 11.1 Å². The van der Waals surface area contributed by atoms with E-state index in [9.17, 15) is 0 Å². The third kappa shape index (κ3) is 4.37. The summed E-state index contributed by atoms with van der Waals surface area (Å²) < 4.78 is 11.2. The SMILES string of the molecule is CN=C(N=C(C)c1ccc(-c2ccccc2C)c(OC)c1)c1ccccc1OC. The molecule has 4 nitrogen and oxygen atoms in total. The van der Waals surface area contributed by atoms with Gasteiger partial charge in [0.15, 0.2) is 5.84 Å². The summed E-state index contributed by atoms with van der Waals surface area (Å²) in [6.45, 7) is 4.08. The molecule has 0 aliphatic heterocycles. The highest BCUT2D eigenvalue weighted by Gasteiger charge is 2.12. The maximum Gasteiger partial charge on any atom is 0.158 e. The molecule has 3 rings (SSSR count). The van der Waals surface area contributed by atoms with Gasteiger partial charge in [-0.3, -0.25) is 4.99 Å². The Morgan fingerprint density at radius 1 is 0.793 bits per heavy atom. The van der Waals surface area contributed by atoms with Crippen LogP contribution in [0, 0.1) is 6.92 Å². The van der Waals surface area contributed by atoms with Gasteiger partial charge in [0.05, 0.1) is 19.8 Å². The third-order valence-corrected chi connectivity index (χ3v) is 4.89. The summed E-state index contributed by atoms with van der Waals surface area (Å²) >= 11 is 0. The van der Waals surface area contributed by atoms with E-state index < -0.39 is 0 Å². The first-order valence-corrected chi connectivity index (χ1v) is 9.49. The fourth-order valence-electron chi connectivity index (χ4n) is 3.30. The van der Waals surface area contributed by atoms with Crippen LogP contribution in [0.15, 0.2) is 76.7 Å². The highest BCUT2D eigenvalue weighted by molar-refractivity contribution is 6.12. The van der Waals surface area contributed by atoms with Crippen molar-refractivity contribution in [3.63, 3.8) is 0 Å². The van der Waals surface area contributed by atoms with Gasteiger partial charge in [0.2, 0.25) is 0 Å². The number of ether oxygens (including phenoxy) is 2. The van der Waals surface area contributed by atoms with E-state index >= 15 is 0 Å². The Morgan fingerprint density at radius 3 is 2.17 bits per heavy atom. The van der Waals surface area contributed by atoms with Crippen LogP contribution < -0.4 is 9.47 Å². The number of rotatable bonds is 5. The van der Waals surface area contributed by atoms with Crippen LogP contribution in [0.5, 0.6) is 11.5 Å². The molecular weight excluding hydrogens is 360 g/mol. The largest absolute Gasteiger partial charge is 0.496 e. The van der Waals surface area contributed by atoms with Crippen LogP contribution in [0.1, 0.15) is 23.6 Å². The summed E-state index contributed by atoms with van der Waals surface area (Å²) in [6, 6.07) is 22.2. The Labute approximate surface area is 172 Å². The first-order valence-electron chi connectivity index (χ1n) is 9.49. The average molecular weight is 386 g/mol. The molecule has 3 aromatic rings. The lowest BCUT2D eigenvalue weighted by atomic mass is 9.97. The average Bonchev–Trinajstić information content (AvgIpc) is 2.77. The predicted octanol–water partition coefficient (Wildman–Crippen LogP) is 5.56. The second-order valence-electron chi connectivity index (χ2n) is 6.67. The Morgan fingerprint density at radius 2 is 1.48 bits per heavy atom. The molecule has 0 fully saturated rings. The standard InChI is InChI=1S/C25H26N2O2/c1-17-10-6-7-11-20(17)21-15-14-19(16-24(21)29-5)18(2)27-25(26-3)22-12-8-9-13-23(22)28-4/h6-16H,1-5H3. The van der Waals surface area contributed by atoms with Gasteiger partial charge in [0.25, 0.3) is 0 Å². The topological polar surface area (TPSA) is 43.2 Å². The van der Waals surface area contributed by atoms with Crippen molar-refractivity contribution < 1.29 is 9.47 Å². The first kappa shape index (κ1) is 20.3. The van der Waals surface area contributed by atoms with E-state index in [2.05, 4.69) is 36.2 Å². The molecule has 0 spiro atoms. The zero-order valence-electron chi connectivity index (χ0n) is 17.6. The van der Waals surface area contributed by atoms with Crippen LogP contribution in [-0.4, -0.2) is 32.8 Å². The minimum absolute atomic E-state index is 0.627. The zero-order valence-corrected chi connectivity index (χ0v) is 17.6. The van der Waals surface area contributed by atoms with Crippen molar-refractivity contribution in [2.45, 2.75) is 13.8 Å². The minimum atomic E-state index is 0.627. The third-order valence-electron chi connectivity index (χ3n) is 4.89. The van der Waals surface area contributed by atoms with Gasteiger partial charge in [-0.2, -0.15) is 0 Å². The second kappa shape index (κ2) is 9.20. The molecule has 0 bridgehead atoms. The second-order valence-corrected chi connectivity index (χ2v) is 6.67.